The molecule has 58 heavy (non-hydrogen) atoms. The zero-order valence-electron chi connectivity index (χ0n) is 35.2. The molecule has 0 amide bonds. The maximum atomic E-state index is 11.5. The van der Waals surface area contributed by atoms with Crippen LogP contribution in [0, 0.1) is 6.92 Å². The Bertz CT molecular complexity index is 2240. The number of hydrogen-bond donors (Lipinski definition) is 1. The van der Waals surface area contributed by atoms with Crippen molar-refractivity contribution in [1.29, 1.82) is 0 Å². The molecule has 0 unspecified atom stereocenters. The molecule has 2 aliphatic heterocycles. The van der Waals surface area contributed by atoms with Crippen LogP contribution in [0.15, 0.2) is 114 Å². The Morgan fingerprint density at radius 1 is 0.879 bits per heavy atom. The third-order valence-corrected chi connectivity index (χ3v) is 12.8. The topological polar surface area (TPSA) is 96.2 Å². The van der Waals surface area contributed by atoms with Crippen LogP contribution in [-0.2, 0) is 36.9 Å². The molecule has 1 aliphatic carbocycles. The first-order valence-electron chi connectivity index (χ1n) is 21.0. The van der Waals surface area contributed by atoms with Crippen LogP contribution in [0.3, 0.4) is 0 Å². The summed E-state index contributed by atoms with van der Waals surface area (Å²) in [7, 11) is -4.02. The summed E-state index contributed by atoms with van der Waals surface area (Å²) in [5.74, 6) is 1.36. The number of aryl methyl sites for hydroxylation is 1. The van der Waals surface area contributed by atoms with Crippen molar-refractivity contribution in [2.24, 2.45) is 0 Å². The molecule has 0 saturated carbocycles. The minimum atomic E-state index is -4.02. The molecule has 8 nitrogen and oxygen atoms in total. The Balaban J connectivity index is 1.41. The zero-order valence-corrected chi connectivity index (χ0v) is 36.0. The van der Waals surface area contributed by atoms with Gasteiger partial charge in [0.15, 0.2) is 5.71 Å². The van der Waals surface area contributed by atoms with Crippen molar-refractivity contribution < 1.29 is 31.8 Å². The molecular formula is C49H61N2O6S+. The summed E-state index contributed by atoms with van der Waals surface area (Å²) < 4.78 is 46.8. The summed E-state index contributed by atoms with van der Waals surface area (Å²) in [5.41, 5.74) is 11.5. The fourth-order valence-corrected chi connectivity index (χ4v) is 9.33. The number of allylic oxidation sites excluding steroid dienone is 7. The van der Waals surface area contributed by atoms with E-state index in [4.69, 9.17) is 9.47 Å². The van der Waals surface area contributed by atoms with Gasteiger partial charge in [0.2, 0.25) is 5.69 Å². The highest BCUT2D eigenvalue weighted by atomic mass is 32.2. The second kappa shape index (κ2) is 18.5. The Morgan fingerprint density at radius 2 is 1.66 bits per heavy atom. The first-order valence-corrected chi connectivity index (χ1v) is 22.6. The molecule has 9 heteroatoms. The number of fused-ring (bicyclic) bond motifs is 2. The minimum Gasteiger partial charge on any atom is -0.468 e. The zero-order chi connectivity index (χ0) is 41.5. The second-order valence-electron chi connectivity index (χ2n) is 16.9. The highest BCUT2D eigenvalue weighted by Crippen LogP contribution is 2.48. The van der Waals surface area contributed by atoms with Gasteiger partial charge in [0.05, 0.1) is 17.8 Å². The molecule has 0 aromatic heterocycles. The lowest BCUT2D eigenvalue weighted by Gasteiger charge is -2.27. The number of nitrogens with zero attached hydrogens (tertiary/aromatic N) is 2. The standard InChI is InChI=1S/C49H60N2O6S/c1-7-8-11-30-50-43-18-10-9-17-41(43)48(3,4)45(50)27-22-38-15-14-16-39(47(38)57-40-24-20-37(21-25-40)29-32-56-35-52)23-28-46-49(5,6)42-34-36(2)19-26-44(42)51(46)31-12-13-33-58(53,54)55/h9-10,17-28,34-35H,7-8,11-16,29-33H2,1-6H3/p+1. The van der Waals surface area contributed by atoms with E-state index in [1.165, 1.54) is 40.9 Å². The molecular weight excluding hydrogens is 745 g/mol. The van der Waals surface area contributed by atoms with E-state index in [0.717, 1.165) is 71.8 Å². The van der Waals surface area contributed by atoms with Gasteiger partial charge < -0.3 is 14.4 Å². The monoisotopic (exact) mass is 805 g/mol. The van der Waals surface area contributed by atoms with Crippen molar-refractivity contribution in [3.63, 3.8) is 0 Å². The number of hydrogen-bond acceptors (Lipinski definition) is 6. The summed E-state index contributed by atoms with van der Waals surface area (Å²) in [6, 6.07) is 23.4. The summed E-state index contributed by atoms with van der Waals surface area (Å²) in [6.07, 6.45) is 16.9. The number of unbranched alkanes of at least 4 members (excludes halogenated alkanes) is 3. The first kappa shape index (κ1) is 42.9. The Morgan fingerprint density at radius 3 is 2.40 bits per heavy atom. The quantitative estimate of drug-likeness (QED) is 0.0592. The smallest absolute Gasteiger partial charge is 0.293 e. The molecule has 6 rings (SSSR count). The second-order valence-corrected chi connectivity index (χ2v) is 18.5. The highest BCUT2D eigenvalue weighted by molar-refractivity contribution is 7.85. The van der Waals surface area contributed by atoms with E-state index in [9.17, 15) is 17.8 Å². The lowest BCUT2D eigenvalue weighted by atomic mass is 9.81. The van der Waals surface area contributed by atoms with Crippen LogP contribution in [0.4, 0.5) is 11.4 Å². The third-order valence-electron chi connectivity index (χ3n) is 11.9. The molecule has 308 valence electrons. The van der Waals surface area contributed by atoms with E-state index in [0.29, 0.717) is 38.9 Å². The summed E-state index contributed by atoms with van der Waals surface area (Å²) in [4.78, 5) is 13.0. The summed E-state index contributed by atoms with van der Waals surface area (Å²) in [5, 5.41) is 0. The van der Waals surface area contributed by atoms with Gasteiger partial charge in [-0.05, 0) is 112 Å². The lowest BCUT2D eigenvalue weighted by Crippen LogP contribution is -2.28. The van der Waals surface area contributed by atoms with E-state index in [-0.39, 0.29) is 16.6 Å². The van der Waals surface area contributed by atoms with Crippen LogP contribution >= 0.6 is 0 Å². The highest BCUT2D eigenvalue weighted by Gasteiger charge is 2.44. The number of anilines is 1. The van der Waals surface area contributed by atoms with E-state index in [2.05, 4.69) is 118 Å². The van der Waals surface area contributed by atoms with Crippen molar-refractivity contribution in [2.45, 2.75) is 110 Å². The molecule has 0 bridgehead atoms. The van der Waals surface area contributed by atoms with E-state index < -0.39 is 10.1 Å². The van der Waals surface area contributed by atoms with Crippen LogP contribution in [0.25, 0.3) is 0 Å². The fraction of sp³-hybridized carbons (Fsp3) is 0.429. The van der Waals surface area contributed by atoms with Gasteiger partial charge >= 0.3 is 0 Å². The average molecular weight is 806 g/mol. The van der Waals surface area contributed by atoms with Crippen LogP contribution in [0.5, 0.6) is 5.75 Å². The van der Waals surface area contributed by atoms with Gasteiger partial charge in [0.1, 0.15) is 18.1 Å². The number of carbonyl (C=O) groups excluding carboxylic acids is 1. The molecule has 3 aliphatic rings. The minimum absolute atomic E-state index is 0.158. The number of rotatable bonds is 18. The van der Waals surface area contributed by atoms with Crippen LogP contribution in [-0.4, -0.2) is 55.2 Å². The van der Waals surface area contributed by atoms with Crippen molar-refractivity contribution in [2.75, 3.05) is 30.3 Å². The van der Waals surface area contributed by atoms with Crippen LogP contribution < -0.4 is 9.64 Å². The van der Waals surface area contributed by atoms with Crippen LogP contribution in [0.2, 0.25) is 0 Å². The molecule has 1 N–H and O–H groups in total. The van der Waals surface area contributed by atoms with Crippen molar-refractivity contribution >= 4 is 33.7 Å². The number of benzene rings is 3. The van der Waals surface area contributed by atoms with Gasteiger partial charge in [-0.25, -0.2) is 0 Å². The van der Waals surface area contributed by atoms with Crippen molar-refractivity contribution in [3.8, 4) is 5.75 Å². The molecule has 0 radical (unpaired) electrons. The van der Waals surface area contributed by atoms with Gasteiger partial charge in [-0.15, -0.1) is 0 Å². The fourth-order valence-electron chi connectivity index (χ4n) is 8.76. The summed E-state index contributed by atoms with van der Waals surface area (Å²) in [6.45, 7) is 15.9. The van der Waals surface area contributed by atoms with E-state index in [1.807, 2.05) is 24.3 Å². The number of para-hydroxylation sites is 1. The van der Waals surface area contributed by atoms with Crippen molar-refractivity contribution in [1.82, 2.24) is 0 Å². The normalized spacial score (nSPS) is 18.7. The Kier molecular flexibility index (Phi) is 13.6. The Hall–Kier alpha value is -4.73. The van der Waals surface area contributed by atoms with Crippen LogP contribution in [0.1, 0.15) is 108 Å². The Labute approximate surface area is 346 Å². The number of ether oxygens (including phenoxy) is 2. The molecule has 3 aromatic rings. The molecule has 0 spiro atoms. The van der Waals surface area contributed by atoms with Gasteiger partial charge in [-0.2, -0.15) is 13.0 Å². The van der Waals surface area contributed by atoms with Gasteiger partial charge in [-0.1, -0.05) is 81.3 Å². The predicted molar refractivity (Wildman–Crippen MR) is 235 cm³/mol. The van der Waals surface area contributed by atoms with Gasteiger partial charge in [0, 0.05) is 53.9 Å². The number of carbonyl (C=O) groups is 1. The van der Waals surface area contributed by atoms with E-state index in [1.54, 1.807) is 0 Å². The summed E-state index contributed by atoms with van der Waals surface area (Å²) >= 11 is 0. The van der Waals surface area contributed by atoms with Gasteiger partial charge in [-0.3, -0.25) is 9.35 Å². The maximum Gasteiger partial charge on any atom is 0.293 e. The SMILES string of the molecule is CCCCC[N+]1=C(/C=C/C2=C(Oc3ccc(CCOC=O)cc3)C(=C/C=C3/N(CCCCS(=O)(=O)O)c4ccc(C)cc4C3(C)C)/CCC2)C(C)(C)c2ccccc21. The van der Waals surface area contributed by atoms with Crippen molar-refractivity contribution in [3.05, 3.63) is 136 Å². The third kappa shape index (κ3) is 9.75. The largest absolute Gasteiger partial charge is 0.468 e. The molecule has 2 heterocycles. The first-order chi connectivity index (χ1) is 27.7. The average Bonchev–Trinajstić information content (AvgIpc) is 3.53. The molecule has 0 fully saturated rings. The molecule has 3 aromatic carbocycles. The lowest BCUT2D eigenvalue weighted by molar-refractivity contribution is -0.438. The molecule has 0 atom stereocenters. The predicted octanol–water partition coefficient (Wildman–Crippen LogP) is 10.6. The van der Waals surface area contributed by atoms with E-state index >= 15 is 0 Å². The van der Waals surface area contributed by atoms with Gasteiger partial charge in [0.25, 0.3) is 16.6 Å². The maximum absolute atomic E-state index is 11.5. The molecule has 0 saturated heterocycles.